The van der Waals surface area contributed by atoms with E-state index in [9.17, 15) is 9.90 Å². The highest BCUT2D eigenvalue weighted by Gasteiger charge is 2.22. The van der Waals surface area contributed by atoms with E-state index in [0.717, 1.165) is 21.6 Å². The Kier molecular flexibility index (Phi) is 3.95. The summed E-state index contributed by atoms with van der Waals surface area (Å²) in [5.74, 6) is -0.273. The van der Waals surface area contributed by atoms with Gasteiger partial charge in [-0.2, -0.15) is 0 Å². The zero-order valence-corrected chi connectivity index (χ0v) is 14.1. The number of thiazole rings is 1. The van der Waals surface area contributed by atoms with E-state index in [4.69, 9.17) is 0 Å². The lowest BCUT2D eigenvalue weighted by Gasteiger charge is -2.22. The maximum Gasteiger partial charge on any atom is 0.271 e. The van der Waals surface area contributed by atoms with Crippen LogP contribution in [0.4, 0.5) is 0 Å². The van der Waals surface area contributed by atoms with Gasteiger partial charge in [-0.05, 0) is 26.0 Å². The van der Waals surface area contributed by atoms with E-state index in [-0.39, 0.29) is 12.5 Å². The molecule has 0 saturated carbocycles. The SMILES string of the molecule is Cn1c(-c2nc(C(=O)NC(C)(C)CO)cs2)cc2ccccc21. The molecular weight excluding hydrogens is 310 g/mol. The Bertz CT molecular complexity index is 864. The number of aromatic nitrogens is 2. The van der Waals surface area contributed by atoms with Gasteiger partial charge >= 0.3 is 0 Å². The number of amides is 1. The van der Waals surface area contributed by atoms with Crippen LogP contribution in [0.1, 0.15) is 24.3 Å². The average molecular weight is 329 g/mol. The number of fused-ring (bicyclic) bond motifs is 1. The fourth-order valence-electron chi connectivity index (χ4n) is 2.40. The third-order valence-electron chi connectivity index (χ3n) is 3.75. The zero-order valence-electron chi connectivity index (χ0n) is 13.3. The second kappa shape index (κ2) is 5.79. The molecule has 6 heteroatoms. The minimum atomic E-state index is -0.666. The van der Waals surface area contributed by atoms with Crippen molar-refractivity contribution in [2.24, 2.45) is 7.05 Å². The van der Waals surface area contributed by atoms with Gasteiger partial charge in [0.05, 0.1) is 17.8 Å². The summed E-state index contributed by atoms with van der Waals surface area (Å²) in [6.45, 7) is 3.41. The molecule has 0 bridgehead atoms. The topological polar surface area (TPSA) is 67.2 Å². The number of hydrogen-bond acceptors (Lipinski definition) is 4. The third-order valence-corrected chi connectivity index (χ3v) is 4.62. The summed E-state index contributed by atoms with van der Waals surface area (Å²) in [6, 6.07) is 10.2. The van der Waals surface area contributed by atoms with Gasteiger partial charge in [-0.25, -0.2) is 4.98 Å². The average Bonchev–Trinajstić information content (AvgIpc) is 3.12. The molecule has 1 aromatic carbocycles. The standard InChI is InChI=1S/C17H19N3O2S/c1-17(2,10-21)19-15(22)12-9-23-16(18-12)14-8-11-6-4-5-7-13(11)20(14)3/h4-9,21H,10H2,1-3H3,(H,19,22). The Balaban J connectivity index is 1.92. The van der Waals surface area contributed by atoms with Crippen molar-refractivity contribution in [1.82, 2.24) is 14.9 Å². The fraction of sp³-hybridized carbons (Fsp3) is 0.294. The van der Waals surface area contributed by atoms with Crippen LogP contribution in [0, 0.1) is 0 Å². The van der Waals surface area contributed by atoms with E-state index in [0.29, 0.717) is 5.69 Å². The van der Waals surface area contributed by atoms with Gasteiger partial charge in [-0.15, -0.1) is 11.3 Å². The van der Waals surface area contributed by atoms with Crippen molar-refractivity contribution >= 4 is 28.1 Å². The van der Waals surface area contributed by atoms with Crippen molar-refractivity contribution in [2.45, 2.75) is 19.4 Å². The number of hydrogen-bond donors (Lipinski definition) is 2. The Labute approximate surface area is 138 Å². The molecule has 2 heterocycles. The van der Waals surface area contributed by atoms with Crippen molar-refractivity contribution in [3.63, 3.8) is 0 Å². The molecule has 0 spiro atoms. The number of aliphatic hydroxyl groups is 1. The summed E-state index contributed by atoms with van der Waals surface area (Å²) in [5.41, 5.74) is 1.82. The molecule has 0 fully saturated rings. The molecule has 23 heavy (non-hydrogen) atoms. The van der Waals surface area contributed by atoms with Crippen LogP contribution in [0.25, 0.3) is 21.6 Å². The first kappa shape index (κ1) is 15.7. The molecule has 0 aliphatic rings. The smallest absolute Gasteiger partial charge is 0.271 e. The first-order valence-corrected chi connectivity index (χ1v) is 8.23. The van der Waals surface area contributed by atoms with Crippen molar-refractivity contribution in [3.05, 3.63) is 41.4 Å². The summed E-state index contributed by atoms with van der Waals surface area (Å²) < 4.78 is 2.08. The second-order valence-electron chi connectivity index (χ2n) is 6.18. The molecule has 5 nitrogen and oxygen atoms in total. The van der Waals surface area contributed by atoms with Crippen LogP contribution in [-0.4, -0.2) is 32.7 Å². The number of nitrogens with one attached hydrogen (secondary N) is 1. The summed E-state index contributed by atoms with van der Waals surface area (Å²) in [5, 5.41) is 15.7. The van der Waals surface area contributed by atoms with Gasteiger partial charge in [-0.3, -0.25) is 4.79 Å². The molecule has 0 aliphatic heterocycles. The van der Waals surface area contributed by atoms with Crippen LogP contribution in [0.2, 0.25) is 0 Å². The van der Waals surface area contributed by atoms with E-state index in [1.165, 1.54) is 11.3 Å². The van der Waals surface area contributed by atoms with Gasteiger partial charge in [-0.1, -0.05) is 18.2 Å². The van der Waals surface area contributed by atoms with Gasteiger partial charge in [0, 0.05) is 23.3 Å². The van der Waals surface area contributed by atoms with E-state index in [1.807, 2.05) is 19.2 Å². The number of carbonyl (C=O) groups is 1. The van der Waals surface area contributed by atoms with Crippen molar-refractivity contribution in [2.75, 3.05) is 6.61 Å². The Morgan fingerprint density at radius 3 is 2.83 bits per heavy atom. The largest absolute Gasteiger partial charge is 0.394 e. The number of nitrogens with zero attached hydrogens (tertiary/aromatic N) is 2. The van der Waals surface area contributed by atoms with E-state index in [1.54, 1.807) is 19.2 Å². The summed E-state index contributed by atoms with van der Waals surface area (Å²) in [6.07, 6.45) is 0. The molecule has 0 aliphatic carbocycles. The summed E-state index contributed by atoms with van der Waals surface area (Å²) in [4.78, 5) is 16.7. The highest BCUT2D eigenvalue weighted by molar-refractivity contribution is 7.13. The summed E-state index contributed by atoms with van der Waals surface area (Å²) in [7, 11) is 1.99. The molecule has 0 unspecified atom stereocenters. The maximum atomic E-state index is 12.2. The highest BCUT2D eigenvalue weighted by Crippen LogP contribution is 2.29. The van der Waals surface area contributed by atoms with Gasteiger partial charge in [0.15, 0.2) is 0 Å². The number of carbonyl (C=O) groups excluding carboxylic acids is 1. The van der Waals surface area contributed by atoms with Crippen LogP contribution in [0.3, 0.4) is 0 Å². The van der Waals surface area contributed by atoms with Gasteiger partial charge in [0.25, 0.3) is 5.91 Å². The lowest BCUT2D eigenvalue weighted by Crippen LogP contribution is -2.46. The highest BCUT2D eigenvalue weighted by atomic mass is 32.1. The predicted molar refractivity (Wildman–Crippen MR) is 92.7 cm³/mol. The van der Waals surface area contributed by atoms with Crippen LogP contribution >= 0.6 is 11.3 Å². The van der Waals surface area contributed by atoms with E-state index < -0.39 is 5.54 Å². The minimum absolute atomic E-state index is 0.126. The van der Waals surface area contributed by atoms with Crippen molar-refractivity contribution in [1.29, 1.82) is 0 Å². The van der Waals surface area contributed by atoms with E-state index >= 15 is 0 Å². The molecule has 0 radical (unpaired) electrons. The molecule has 2 aromatic heterocycles. The van der Waals surface area contributed by atoms with Crippen LogP contribution in [0.15, 0.2) is 35.7 Å². The first-order valence-electron chi connectivity index (χ1n) is 7.35. The number of aliphatic hydroxyl groups excluding tert-OH is 1. The lowest BCUT2D eigenvalue weighted by molar-refractivity contribution is 0.0865. The minimum Gasteiger partial charge on any atom is -0.394 e. The number of rotatable bonds is 4. The molecule has 120 valence electrons. The third kappa shape index (κ3) is 3.00. The van der Waals surface area contributed by atoms with Gasteiger partial charge in [0.2, 0.25) is 0 Å². The van der Waals surface area contributed by atoms with Crippen LogP contribution in [0.5, 0.6) is 0 Å². The number of para-hydroxylation sites is 1. The fourth-order valence-corrected chi connectivity index (χ4v) is 3.25. The normalized spacial score (nSPS) is 11.8. The van der Waals surface area contributed by atoms with Crippen molar-refractivity contribution in [3.8, 4) is 10.7 Å². The monoisotopic (exact) mass is 329 g/mol. The van der Waals surface area contributed by atoms with Crippen molar-refractivity contribution < 1.29 is 9.90 Å². The second-order valence-corrected chi connectivity index (χ2v) is 7.04. The molecule has 1 amide bonds. The molecule has 3 aromatic rings. The number of benzene rings is 1. The Morgan fingerprint density at radius 2 is 2.13 bits per heavy atom. The number of aryl methyl sites for hydroxylation is 1. The molecule has 0 atom stereocenters. The zero-order chi connectivity index (χ0) is 16.6. The Morgan fingerprint density at radius 1 is 1.39 bits per heavy atom. The van der Waals surface area contributed by atoms with Crippen LogP contribution < -0.4 is 5.32 Å². The molecular formula is C17H19N3O2S. The quantitative estimate of drug-likeness (QED) is 0.773. The molecule has 3 rings (SSSR count). The summed E-state index contributed by atoms with van der Waals surface area (Å²) >= 11 is 1.44. The molecule has 2 N–H and O–H groups in total. The lowest BCUT2D eigenvalue weighted by atomic mass is 10.1. The molecule has 0 saturated heterocycles. The van der Waals surface area contributed by atoms with Gasteiger partial charge in [0.1, 0.15) is 10.7 Å². The van der Waals surface area contributed by atoms with Gasteiger partial charge < -0.3 is 15.0 Å². The predicted octanol–water partition coefficient (Wildman–Crippen LogP) is 2.80. The maximum absolute atomic E-state index is 12.2. The van der Waals surface area contributed by atoms with E-state index in [2.05, 4.69) is 33.1 Å². The van der Waals surface area contributed by atoms with Crippen LogP contribution in [-0.2, 0) is 7.05 Å². The Hall–Kier alpha value is -2.18. The first-order chi connectivity index (χ1) is 10.9.